The molecule has 0 spiro atoms. The number of carbonyl (C=O) groups is 2. The minimum atomic E-state index is -1.11. The van der Waals surface area contributed by atoms with Crippen LogP contribution in [0.4, 0.5) is 0 Å². The minimum Gasteiger partial charge on any atom is -0.507 e. The van der Waals surface area contributed by atoms with Crippen molar-refractivity contribution in [3.8, 4) is 11.5 Å². The van der Waals surface area contributed by atoms with Gasteiger partial charge in [-0.1, -0.05) is 6.92 Å². The highest BCUT2D eigenvalue weighted by Gasteiger charge is 2.20. The average Bonchev–Trinajstić information content (AvgIpc) is 2.34. The molecule has 1 atom stereocenters. The van der Waals surface area contributed by atoms with E-state index in [-0.39, 0.29) is 17.7 Å². The molecule has 1 aromatic rings. The van der Waals surface area contributed by atoms with Crippen molar-refractivity contribution in [2.24, 2.45) is 0 Å². The summed E-state index contributed by atoms with van der Waals surface area (Å²) in [6.07, 6.45) is 0.262. The summed E-state index contributed by atoms with van der Waals surface area (Å²) in [7, 11) is 1.44. The van der Waals surface area contributed by atoms with Gasteiger partial charge in [0, 0.05) is 6.07 Å². The topological polar surface area (TPSA) is 95.9 Å². The zero-order chi connectivity index (χ0) is 13.7. The molecule has 0 saturated heterocycles. The van der Waals surface area contributed by atoms with E-state index in [4.69, 9.17) is 9.84 Å². The molecular weight excluding hydrogens is 238 g/mol. The van der Waals surface area contributed by atoms with Crippen LogP contribution >= 0.6 is 0 Å². The van der Waals surface area contributed by atoms with Crippen LogP contribution in [-0.2, 0) is 4.79 Å². The fraction of sp³-hybridized carbons (Fsp3) is 0.333. The second-order valence-electron chi connectivity index (χ2n) is 3.66. The van der Waals surface area contributed by atoms with Crippen molar-refractivity contribution in [3.63, 3.8) is 0 Å². The Hall–Kier alpha value is -2.24. The summed E-state index contributed by atoms with van der Waals surface area (Å²) in [5.74, 6) is -1.59. The Morgan fingerprint density at radius 2 is 2.11 bits per heavy atom. The molecule has 1 unspecified atom stereocenters. The van der Waals surface area contributed by atoms with Crippen LogP contribution in [0.1, 0.15) is 23.7 Å². The molecule has 18 heavy (non-hydrogen) atoms. The third kappa shape index (κ3) is 3.13. The van der Waals surface area contributed by atoms with E-state index in [0.717, 1.165) is 0 Å². The molecule has 1 aromatic carbocycles. The molecule has 6 heteroatoms. The summed E-state index contributed by atoms with van der Waals surface area (Å²) in [5, 5.41) is 20.8. The van der Waals surface area contributed by atoms with Crippen LogP contribution in [0.15, 0.2) is 18.2 Å². The van der Waals surface area contributed by atoms with Gasteiger partial charge in [-0.3, -0.25) is 4.79 Å². The lowest BCUT2D eigenvalue weighted by Crippen LogP contribution is -2.40. The minimum absolute atomic E-state index is 0.00972. The molecule has 0 fully saturated rings. The van der Waals surface area contributed by atoms with Crippen LogP contribution in [0.3, 0.4) is 0 Å². The second kappa shape index (κ2) is 5.90. The van der Waals surface area contributed by atoms with Crippen LogP contribution in [0, 0.1) is 0 Å². The predicted molar refractivity (Wildman–Crippen MR) is 63.8 cm³/mol. The number of benzene rings is 1. The Morgan fingerprint density at radius 3 is 2.56 bits per heavy atom. The van der Waals surface area contributed by atoms with E-state index in [2.05, 4.69) is 5.32 Å². The number of hydrogen-bond donors (Lipinski definition) is 3. The number of carboxylic acid groups (broad SMARTS) is 1. The summed E-state index contributed by atoms with van der Waals surface area (Å²) in [6, 6.07) is 3.20. The lowest BCUT2D eigenvalue weighted by atomic mass is 10.1. The summed E-state index contributed by atoms with van der Waals surface area (Å²) < 4.78 is 4.88. The van der Waals surface area contributed by atoms with Crippen LogP contribution in [0.25, 0.3) is 0 Å². The van der Waals surface area contributed by atoms with Crippen molar-refractivity contribution in [1.29, 1.82) is 0 Å². The maximum Gasteiger partial charge on any atom is 0.326 e. The first-order chi connectivity index (χ1) is 8.49. The molecule has 98 valence electrons. The number of phenolic OH excluding ortho intramolecular Hbond substituents is 1. The van der Waals surface area contributed by atoms with Gasteiger partial charge in [-0.15, -0.1) is 0 Å². The van der Waals surface area contributed by atoms with Gasteiger partial charge in [-0.05, 0) is 18.6 Å². The summed E-state index contributed by atoms with van der Waals surface area (Å²) >= 11 is 0. The third-order valence-corrected chi connectivity index (χ3v) is 2.46. The molecule has 0 bridgehead atoms. The highest BCUT2D eigenvalue weighted by molar-refractivity contribution is 5.98. The van der Waals surface area contributed by atoms with Gasteiger partial charge in [0.05, 0.1) is 12.7 Å². The Bertz CT molecular complexity index is 458. The van der Waals surface area contributed by atoms with E-state index in [1.807, 2.05) is 0 Å². The van der Waals surface area contributed by atoms with Crippen LogP contribution in [0.5, 0.6) is 11.5 Å². The Balaban J connectivity index is 2.87. The number of phenols is 1. The van der Waals surface area contributed by atoms with Gasteiger partial charge in [-0.2, -0.15) is 0 Å². The van der Waals surface area contributed by atoms with Gasteiger partial charge < -0.3 is 20.3 Å². The van der Waals surface area contributed by atoms with Gasteiger partial charge in [-0.25, -0.2) is 4.79 Å². The smallest absolute Gasteiger partial charge is 0.326 e. The monoisotopic (exact) mass is 253 g/mol. The number of aliphatic carboxylic acids is 1. The molecule has 0 saturated carbocycles. The van der Waals surface area contributed by atoms with Gasteiger partial charge in [0.25, 0.3) is 5.91 Å². The summed E-state index contributed by atoms with van der Waals surface area (Å²) in [6.45, 7) is 1.65. The Kier molecular flexibility index (Phi) is 4.53. The lowest BCUT2D eigenvalue weighted by molar-refractivity contribution is -0.139. The fourth-order valence-electron chi connectivity index (χ4n) is 1.40. The predicted octanol–water partition coefficient (Wildman–Crippen LogP) is 0.994. The Morgan fingerprint density at radius 1 is 1.44 bits per heavy atom. The molecule has 1 amide bonds. The van der Waals surface area contributed by atoms with Crippen LogP contribution < -0.4 is 10.1 Å². The number of rotatable bonds is 5. The maximum absolute atomic E-state index is 11.8. The van der Waals surface area contributed by atoms with Crippen molar-refractivity contribution in [3.05, 3.63) is 23.8 Å². The third-order valence-electron chi connectivity index (χ3n) is 2.46. The van der Waals surface area contributed by atoms with Crippen molar-refractivity contribution < 1.29 is 24.5 Å². The Labute approximate surface area is 104 Å². The van der Waals surface area contributed by atoms with Gasteiger partial charge in [0.1, 0.15) is 17.5 Å². The molecule has 0 radical (unpaired) electrons. The van der Waals surface area contributed by atoms with Crippen molar-refractivity contribution >= 4 is 11.9 Å². The number of carboxylic acids is 1. The molecular formula is C12H15NO5. The van der Waals surface area contributed by atoms with Crippen molar-refractivity contribution in [2.45, 2.75) is 19.4 Å². The van der Waals surface area contributed by atoms with Gasteiger partial charge >= 0.3 is 5.97 Å². The first-order valence-corrected chi connectivity index (χ1v) is 5.40. The highest BCUT2D eigenvalue weighted by Crippen LogP contribution is 2.23. The first kappa shape index (κ1) is 13.8. The van der Waals surface area contributed by atoms with E-state index in [1.165, 1.54) is 25.3 Å². The SMILES string of the molecule is CCC(NC(=O)c1ccc(OC)cc1O)C(=O)O. The van der Waals surface area contributed by atoms with E-state index < -0.39 is 17.9 Å². The number of hydrogen-bond acceptors (Lipinski definition) is 4. The van der Waals surface area contributed by atoms with Gasteiger partial charge in [0.2, 0.25) is 0 Å². The molecule has 0 aliphatic rings. The number of methoxy groups -OCH3 is 1. The molecule has 0 aromatic heterocycles. The summed E-state index contributed by atoms with van der Waals surface area (Å²) in [4.78, 5) is 22.5. The number of carbonyl (C=O) groups excluding carboxylic acids is 1. The quantitative estimate of drug-likeness (QED) is 0.727. The fourth-order valence-corrected chi connectivity index (χ4v) is 1.40. The molecule has 0 aliphatic carbocycles. The van der Waals surface area contributed by atoms with Crippen molar-refractivity contribution in [2.75, 3.05) is 7.11 Å². The standard InChI is InChI=1S/C12H15NO5/c1-3-9(12(16)17)13-11(15)8-5-4-7(18-2)6-10(8)14/h4-6,9,14H,3H2,1-2H3,(H,13,15)(H,16,17). The molecule has 1 rings (SSSR count). The largest absolute Gasteiger partial charge is 0.507 e. The van der Waals surface area contributed by atoms with Crippen molar-refractivity contribution in [1.82, 2.24) is 5.32 Å². The molecule has 6 nitrogen and oxygen atoms in total. The maximum atomic E-state index is 11.8. The molecule has 3 N–H and O–H groups in total. The molecule has 0 heterocycles. The van der Waals surface area contributed by atoms with Gasteiger partial charge in [0.15, 0.2) is 0 Å². The average molecular weight is 253 g/mol. The number of nitrogens with one attached hydrogen (secondary N) is 1. The first-order valence-electron chi connectivity index (χ1n) is 5.40. The summed E-state index contributed by atoms with van der Waals surface area (Å²) in [5.41, 5.74) is 0.00972. The number of ether oxygens (including phenoxy) is 1. The van der Waals surface area contributed by atoms with E-state index >= 15 is 0 Å². The highest BCUT2D eigenvalue weighted by atomic mass is 16.5. The number of aromatic hydroxyl groups is 1. The van der Waals surface area contributed by atoms with E-state index in [9.17, 15) is 14.7 Å². The van der Waals surface area contributed by atoms with E-state index in [1.54, 1.807) is 6.92 Å². The molecule has 0 aliphatic heterocycles. The van der Waals surface area contributed by atoms with E-state index in [0.29, 0.717) is 5.75 Å². The number of amides is 1. The second-order valence-corrected chi connectivity index (χ2v) is 3.66. The van der Waals surface area contributed by atoms with Crippen LogP contribution in [0.2, 0.25) is 0 Å². The normalized spacial score (nSPS) is 11.7. The van der Waals surface area contributed by atoms with Crippen LogP contribution in [-0.4, -0.2) is 35.2 Å². The zero-order valence-electron chi connectivity index (χ0n) is 10.1. The lowest BCUT2D eigenvalue weighted by Gasteiger charge is -2.13. The zero-order valence-corrected chi connectivity index (χ0v) is 10.1.